The first-order chi connectivity index (χ1) is 11.6. The highest BCUT2D eigenvalue weighted by Gasteiger charge is 2.03. The number of rotatable bonds is 4. The van der Waals surface area contributed by atoms with Gasteiger partial charge in [-0.3, -0.25) is 9.78 Å². The smallest absolute Gasteiger partial charge is 0.248 e. The third-order valence-electron chi connectivity index (χ3n) is 3.93. The van der Waals surface area contributed by atoms with E-state index in [4.69, 9.17) is 0 Å². The van der Waals surface area contributed by atoms with Crippen LogP contribution in [0.3, 0.4) is 0 Å². The van der Waals surface area contributed by atoms with Crippen LogP contribution in [0.1, 0.15) is 30.9 Å². The van der Waals surface area contributed by atoms with E-state index in [2.05, 4.69) is 36.3 Å². The van der Waals surface area contributed by atoms with Gasteiger partial charge >= 0.3 is 0 Å². The largest absolute Gasteiger partial charge is 0.322 e. The molecule has 1 heterocycles. The molecule has 0 fully saturated rings. The van der Waals surface area contributed by atoms with E-state index in [1.165, 1.54) is 5.56 Å². The molecule has 1 aromatic heterocycles. The molecule has 3 nitrogen and oxygen atoms in total. The molecule has 0 aliphatic heterocycles. The fourth-order valence-corrected chi connectivity index (χ4v) is 2.55. The summed E-state index contributed by atoms with van der Waals surface area (Å²) >= 11 is 0. The summed E-state index contributed by atoms with van der Waals surface area (Å²) < 4.78 is 0. The Bertz CT molecular complexity index is 874. The standard InChI is InChI=1S/C21H20N2O/c1-15(2)17-11-8-16(9-12-17)10-13-21(24)23-20-7-3-6-19-18(20)5-4-14-22-19/h3-15H,1-2H3,(H,23,24). The Morgan fingerprint density at radius 1 is 1.04 bits per heavy atom. The topological polar surface area (TPSA) is 42.0 Å². The van der Waals surface area contributed by atoms with E-state index in [9.17, 15) is 4.79 Å². The number of hydrogen-bond acceptors (Lipinski definition) is 2. The van der Waals surface area contributed by atoms with Crippen LogP contribution in [0.5, 0.6) is 0 Å². The number of hydrogen-bond donors (Lipinski definition) is 1. The summed E-state index contributed by atoms with van der Waals surface area (Å²) in [5.74, 6) is 0.352. The molecule has 0 unspecified atom stereocenters. The zero-order valence-electron chi connectivity index (χ0n) is 13.9. The summed E-state index contributed by atoms with van der Waals surface area (Å²) in [6.07, 6.45) is 5.12. The van der Waals surface area contributed by atoms with Crippen molar-refractivity contribution in [3.63, 3.8) is 0 Å². The first kappa shape index (κ1) is 15.9. The molecule has 0 bridgehead atoms. The minimum absolute atomic E-state index is 0.153. The molecule has 0 spiro atoms. The maximum Gasteiger partial charge on any atom is 0.248 e. The lowest BCUT2D eigenvalue weighted by Crippen LogP contribution is -2.08. The van der Waals surface area contributed by atoms with Crippen LogP contribution in [0.4, 0.5) is 5.69 Å². The number of amides is 1. The highest BCUT2D eigenvalue weighted by molar-refractivity contribution is 6.06. The van der Waals surface area contributed by atoms with Gasteiger partial charge in [-0.05, 0) is 47.4 Å². The molecule has 2 aromatic carbocycles. The highest BCUT2D eigenvalue weighted by Crippen LogP contribution is 2.21. The van der Waals surface area contributed by atoms with Gasteiger partial charge in [0, 0.05) is 17.7 Å². The maximum absolute atomic E-state index is 12.2. The number of fused-ring (bicyclic) bond motifs is 1. The van der Waals surface area contributed by atoms with Crippen molar-refractivity contribution in [1.29, 1.82) is 0 Å². The fourth-order valence-electron chi connectivity index (χ4n) is 2.55. The summed E-state index contributed by atoms with van der Waals surface area (Å²) in [6.45, 7) is 4.33. The number of nitrogens with one attached hydrogen (secondary N) is 1. The van der Waals surface area contributed by atoms with Gasteiger partial charge in [0.05, 0.1) is 11.2 Å². The third-order valence-corrected chi connectivity index (χ3v) is 3.93. The van der Waals surface area contributed by atoms with Gasteiger partial charge in [-0.25, -0.2) is 0 Å². The first-order valence-electron chi connectivity index (χ1n) is 8.06. The second kappa shape index (κ2) is 7.09. The Labute approximate surface area is 142 Å². The van der Waals surface area contributed by atoms with Crippen molar-refractivity contribution >= 4 is 28.6 Å². The first-order valence-corrected chi connectivity index (χ1v) is 8.06. The minimum atomic E-state index is -0.153. The number of benzene rings is 2. The Balaban J connectivity index is 1.73. The Hall–Kier alpha value is -2.94. The van der Waals surface area contributed by atoms with Crippen molar-refractivity contribution in [3.05, 3.63) is 78.0 Å². The predicted molar refractivity (Wildman–Crippen MR) is 99.9 cm³/mol. The lowest BCUT2D eigenvalue weighted by atomic mass is 10.0. The van der Waals surface area contributed by atoms with E-state index in [-0.39, 0.29) is 5.91 Å². The van der Waals surface area contributed by atoms with Crippen LogP contribution in [0.15, 0.2) is 66.9 Å². The van der Waals surface area contributed by atoms with E-state index in [0.717, 1.165) is 22.2 Å². The molecule has 24 heavy (non-hydrogen) atoms. The van der Waals surface area contributed by atoms with E-state index in [1.54, 1.807) is 12.3 Å². The van der Waals surface area contributed by atoms with E-state index < -0.39 is 0 Å². The van der Waals surface area contributed by atoms with E-state index in [1.807, 2.05) is 48.5 Å². The fraction of sp³-hybridized carbons (Fsp3) is 0.143. The molecule has 3 heteroatoms. The molecule has 120 valence electrons. The molecular formula is C21H20N2O. The third kappa shape index (κ3) is 3.69. The number of carbonyl (C=O) groups excluding carboxylic acids is 1. The number of pyridine rings is 1. The van der Waals surface area contributed by atoms with Gasteiger partial charge in [0.25, 0.3) is 0 Å². The van der Waals surface area contributed by atoms with Gasteiger partial charge in [0.2, 0.25) is 5.91 Å². The van der Waals surface area contributed by atoms with Crippen LogP contribution >= 0.6 is 0 Å². The van der Waals surface area contributed by atoms with Crippen LogP contribution in [-0.4, -0.2) is 10.9 Å². The van der Waals surface area contributed by atoms with Crippen molar-refractivity contribution < 1.29 is 4.79 Å². The Morgan fingerprint density at radius 3 is 2.58 bits per heavy atom. The monoisotopic (exact) mass is 316 g/mol. The molecule has 3 aromatic rings. The van der Waals surface area contributed by atoms with Crippen molar-refractivity contribution in [1.82, 2.24) is 4.98 Å². The molecule has 0 saturated heterocycles. The van der Waals surface area contributed by atoms with Gasteiger partial charge in [-0.15, -0.1) is 0 Å². The van der Waals surface area contributed by atoms with Crippen molar-refractivity contribution in [2.75, 3.05) is 5.32 Å². The Kier molecular flexibility index (Phi) is 4.71. The van der Waals surface area contributed by atoms with Crippen LogP contribution in [0, 0.1) is 0 Å². The van der Waals surface area contributed by atoms with Crippen molar-refractivity contribution in [3.8, 4) is 0 Å². The quantitative estimate of drug-likeness (QED) is 0.687. The molecule has 0 radical (unpaired) electrons. The molecule has 1 amide bonds. The maximum atomic E-state index is 12.2. The molecule has 3 rings (SSSR count). The highest BCUT2D eigenvalue weighted by atomic mass is 16.1. The van der Waals surface area contributed by atoms with Crippen LogP contribution in [0.25, 0.3) is 17.0 Å². The molecule has 1 N–H and O–H groups in total. The molecule has 0 aliphatic carbocycles. The average molecular weight is 316 g/mol. The average Bonchev–Trinajstić information content (AvgIpc) is 2.61. The van der Waals surface area contributed by atoms with Crippen LogP contribution in [-0.2, 0) is 4.79 Å². The SMILES string of the molecule is CC(C)c1ccc(C=CC(=O)Nc2cccc3ncccc23)cc1. The van der Waals surface area contributed by atoms with E-state index in [0.29, 0.717) is 5.92 Å². The zero-order valence-corrected chi connectivity index (χ0v) is 13.9. The van der Waals surface area contributed by atoms with Crippen LogP contribution in [0.2, 0.25) is 0 Å². The number of nitrogens with zero attached hydrogens (tertiary/aromatic N) is 1. The number of anilines is 1. The van der Waals surface area contributed by atoms with E-state index >= 15 is 0 Å². The van der Waals surface area contributed by atoms with Gasteiger partial charge in [0.1, 0.15) is 0 Å². The van der Waals surface area contributed by atoms with Crippen molar-refractivity contribution in [2.24, 2.45) is 0 Å². The molecule has 0 atom stereocenters. The minimum Gasteiger partial charge on any atom is -0.322 e. The second-order valence-electron chi connectivity index (χ2n) is 6.02. The molecule has 0 saturated carbocycles. The normalized spacial score (nSPS) is 11.3. The predicted octanol–water partition coefficient (Wildman–Crippen LogP) is 5.01. The lowest BCUT2D eigenvalue weighted by molar-refractivity contribution is -0.111. The molecule has 0 aliphatic rings. The van der Waals surface area contributed by atoms with Gasteiger partial charge < -0.3 is 5.32 Å². The van der Waals surface area contributed by atoms with Crippen LogP contribution < -0.4 is 5.32 Å². The van der Waals surface area contributed by atoms with Gasteiger partial charge in [-0.1, -0.05) is 44.2 Å². The summed E-state index contributed by atoms with van der Waals surface area (Å²) in [5.41, 5.74) is 3.93. The lowest BCUT2D eigenvalue weighted by Gasteiger charge is -2.06. The summed E-state index contributed by atoms with van der Waals surface area (Å²) in [7, 11) is 0. The second-order valence-corrected chi connectivity index (χ2v) is 6.02. The van der Waals surface area contributed by atoms with Gasteiger partial charge in [-0.2, -0.15) is 0 Å². The summed E-state index contributed by atoms with van der Waals surface area (Å²) in [4.78, 5) is 16.5. The zero-order chi connectivity index (χ0) is 16.9. The summed E-state index contributed by atoms with van der Waals surface area (Å²) in [5, 5.41) is 3.85. The summed E-state index contributed by atoms with van der Waals surface area (Å²) in [6, 6.07) is 17.8. The van der Waals surface area contributed by atoms with Gasteiger partial charge in [0.15, 0.2) is 0 Å². The molecular weight excluding hydrogens is 296 g/mol. The van der Waals surface area contributed by atoms with Crippen molar-refractivity contribution in [2.45, 2.75) is 19.8 Å². The number of carbonyl (C=O) groups is 1. The Morgan fingerprint density at radius 2 is 1.83 bits per heavy atom. The number of aromatic nitrogens is 1.